The molecule has 0 amide bonds. The van der Waals surface area contributed by atoms with Crippen molar-refractivity contribution in [1.82, 2.24) is 0 Å². The highest BCUT2D eigenvalue weighted by molar-refractivity contribution is 8.03. The van der Waals surface area contributed by atoms with E-state index in [0.29, 0.717) is 10.5 Å². The van der Waals surface area contributed by atoms with Crippen LogP contribution >= 0.6 is 23.5 Å². The van der Waals surface area contributed by atoms with Crippen LogP contribution in [0.5, 0.6) is 0 Å². The summed E-state index contributed by atoms with van der Waals surface area (Å²) in [6.07, 6.45) is 15.5. The number of fused-ring (bicyclic) bond motifs is 4. The van der Waals surface area contributed by atoms with Gasteiger partial charge in [0.2, 0.25) is 0 Å². The largest absolute Gasteiger partial charge is 0.122 e. The summed E-state index contributed by atoms with van der Waals surface area (Å²) in [6, 6.07) is 0. The molecule has 2 heterocycles. The molecule has 2 heteroatoms. The number of rotatable bonds is 2. The van der Waals surface area contributed by atoms with Gasteiger partial charge in [-0.25, -0.2) is 0 Å². The molecule has 0 fully saturated rings. The third-order valence-electron chi connectivity index (χ3n) is 7.13. The Balaban J connectivity index is 1.36. The van der Waals surface area contributed by atoms with Crippen molar-refractivity contribution in [3.05, 3.63) is 114 Å². The van der Waals surface area contributed by atoms with Crippen LogP contribution in [0.3, 0.4) is 0 Å². The van der Waals surface area contributed by atoms with Gasteiger partial charge in [-0.2, -0.15) is 0 Å². The van der Waals surface area contributed by atoms with Gasteiger partial charge in [0.15, 0.2) is 0 Å². The van der Waals surface area contributed by atoms with Gasteiger partial charge in [-0.15, -0.1) is 23.5 Å². The summed E-state index contributed by atoms with van der Waals surface area (Å²) in [5.41, 5.74) is 17.7. The molecule has 0 N–H and O–H groups in total. The zero-order valence-electron chi connectivity index (χ0n) is 17.3. The highest BCUT2D eigenvalue weighted by Gasteiger charge is 2.34. The lowest BCUT2D eigenvalue weighted by atomic mass is 9.82. The van der Waals surface area contributed by atoms with E-state index in [9.17, 15) is 0 Å². The maximum atomic E-state index is 2.51. The third kappa shape index (κ3) is 2.49. The van der Waals surface area contributed by atoms with Crippen molar-refractivity contribution < 1.29 is 0 Å². The van der Waals surface area contributed by atoms with Gasteiger partial charge in [0, 0.05) is 0 Å². The Kier molecular flexibility index (Phi) is 3.89. The summed E-state index contributed by atoms with van der Waals surface area (Å²) >= 11 is 3.88. The molecular weight excluding hydrogens is 388 g/mol. The van der Waals surface area contributed by atoms with Crippen LogP contribution in [0.25, 0.3) is 0 Å². The first-order valence-corrected chi connectivity index (χ1v) is 12.3. The summed E-state index contributed by atoms with van der Waals surface area (Å²) in [7, 11) is 0. The van der Waals surface area contributed by atoms with Crippen LogP contribution in [0.4, 0.5) is 0 Å². The summed E-state index contributed by atoms with van der Waals surface area (Å²) in [5.74, 6) is 0. The molecule has 0 aromatic heterocycles. The van der Waals surface area contributed by atoms with Crippen LogP contribution in [-0.2, 0) is 0 Å². The van der Waals surface area contributed by atoms with Crippen molar-refractivity contribution in [1.29, 1.82) is 0 Å². The lowest BCUT2D eigenvalue weighted by Crippen LogP contribution is -2.12. The molecule has 0 spiro atoms. The van der Waals surface area contributed by atoms with Crippen molar-refractivity contribution in [2.24, 2.45) is 0 Å². The second-order valence-electron chi connectivity index (χ2n) is 8.66. The first-order chi connectivity index (χ1) is 14.0. The van der Waals surface area contributed by atoms with E-state index >= 15 is 0 Å². The molecule has 0 radical (unpaired) electrons. The minimum absolute atomic E-state index is 0.498. The summed E-state index contributed by atoms with van der Waals surface area (Å²) < 4.78 is 0. The number of allylic oxidation sites excluding steroid dienone is 14. The lowest BCUT2D eigenvalue weighted by Gasteiger charge is -2.25. The Bertz CT molecular complexity index is 1100. The fraction of sp³-hybridized carbons (Fsp3) is 0.259. The Morgan fingerprint density at radius 2 is 1.10 bits per heavy atom. The molecule has 0 saturated carbocycles. The second-order valence-corrected chi connectivity index (χ2v) is 10.8. The molecule has 29 heavy (non-hydrogen) atoms. The van der Waals surface area contributed by atoms with Crippen LogP contribution in [0, 0.1) is 0 Å². The molecule has 6 rings (SSSR count). The van der Waals surface area contributed by atoms with Crippen molar-refractivity contribution >= 4 is 23.5 Å². The predicted octanol–water partition coefficient (Wildman–Crippen LogP) is 7.66. The average Bonchev–Trinajstić information content (AvgIpc) is 3.45. The molecule has 0 aromatic rings. The van der Waals surface area contributed by atoms with Gasteiger partial charge in [-0.05, 0) is 112 Å². The molecule has 0 aromatic carbocycles. The molecule has 2 atom stereocenters. The standard InChI is InChI=1S/C27H24S2/c1-14-9-22-16(3)18-5-7-28-26(18)12-24(22)20(14)11-21-15(2)10-23-17(4)19-6-8-29-27(19)13-25(21)23/h5-10,12-13,26-27H,11H2,1-4H3. The number of hydrogen-bond donors (Lipinski definition) is 0. The molecule has 4 aliphatic carbocycles. The maximum Gasteiger partial charge on any atom is 0.0530 e. The molecule has 0 bridgehead atoms. The van der Waals surface area contributed by atoms with Crippen LogP contribution < -0.4 is 0 Å². The lowest BCUT2D eigenvalue weighted by molar-refractivity contribution is 1.07. The summed E-state index contributed by atoms with van der Waals surface area (Å²) in [6.45, 7) is 9.20. The van der Waals surface area contributed by atoms with Crippen molar-refractivity contribution in [3.8, 4) is 0 Å². The Labute approximate surface area is 182 Å². The molecule has 6 aliphatic rings. The van der Waals surface area contributed by atoms with Crippen LogP contribution in [0.15, 0.2) is 114 Å². The second kappa shape index (κ2) is 6.30. The maximum absolute atomic E-state index is 2.51. The minimum Gasteiger partial charge on any atom is -0.122 e. The smallest absolute Gasteiger partial charge is 0.0530 e. The van der Waals surface area contributed by atoms with E-state index in [2.05, 4.69) is 75.0 Å². The Morgan fingerprint density at radius 3 is 1.55 bits per heavy atom. The van der Waals surface area contributed by atoms with Crippen LogP contribution in [0.1, 0.15) is 34.1 Å². The van der Waals surface area contributed by atoms with E-state index in [1.54, 1.807) is 0 Å². The fourth-order valence-electron chi connectivity index (χ4n) is 5.44. The van der Waals surface area contributed by atoms with Gasteiger partial charge in [0.1, 0.15) is 0 Å². The summed E-state index contributed by atoms with van der Waals surface area (Å²) in [4.78, 5) is 0. The Morgan fingerprint density at radius 1 is 0.655 bits per heavy atom. The normalized spacial score (nSPS) is 29.2. The number of thioether (sulfide) groups is 2. The van der Waals surface area contributed by atoms with E-state index in [-0.39, 0.29) is 0 Å². The average molecular weight is 413 g/mol. The Hall–Kier alpha value is -1.90. The van der Waals surface area contributed by atoms with Crippen molar-refractivity contribution in [2.75, 3.05) is 0 Å². The van der Waals surface area contributed by atoms with Gasteiger partial charge < -0.3 is 0 Å². The zero-order chi connectivity index (χ0) is 19.9. The number of hydrogen-bond acceptors (Lipinski definition) is 2. The van der Waals surface area contributed by atoms with E-state index in [1.165, 1.54) is 66.9 Å². The molecule has 2 aliphatic heterocycles. The molecule has 2 unspecified atom stereocenters. The van der Waals surface area contributed by atoms with E-state index in [0.717, 1.165) is 6.42 Å². The minimum atomic E-state index is 0.498. The van der Waals surface area contributed by atoms with Gasteiger partial charge in [0.25, 0.3) is 0 Å². The van der Waals surface area contributed by atoms with Crippen LogP contribution in [-0.4, -0.2) is 10.5 Å². The first-order valence-electron chi connectivity index (χ1n) is 10.4. The third-order valence-corrected chi connectivity index (χ3v) is 9.08. The molecule has 144 valence electrons. The monoisotopic (exact) mass is 412 g/mol. The van der Waals surface area contributed by atoms with E-state index < -0.39 is 0 Å². The van der Waals surface area contributed by atoms with E-state index in [1.807, 2.05) is 23.5 Å². The van der Waals surface area contributed by atoms with Crippen LogP contribution in [0.2, 0.25) is 0 Å². The molecular formula is C27H24S2. The predicted molar refractivity (Wildman–Crippen MR) is 129 cm³/mol. The molecule has 0 saturated heterocycles. The quantitative estimate of drug-likeness (QED) is 0.456. The van der Waals surface area contributed by atoms with Gasteiger partial charge in [-0.1, -0.05) is 36.5 Å². The van der Waals surface area contributed by atoms with E-state index in [4.69, 9.17) is 0 Å². The summed E-state index contributed by atoms with van der Waals surface area (Å²) in [5, 5.41) is 5.51. The SMILES string of the molecule is CC1=C(CC2=C(C)C=C3C2=CC2SC=CC2=C3C)C2=CC3SC=CC3=C(C)C2=C1. The van der Waals surface area contributed by atoms with Crippen molar-refractivity contribution in [3.63, 3.8) is 0 Å². The van der Waals surface area contributed by atoms with Gasteiger partial charge in [-0.3, -0.25) is 0 Å². The fourth-order valence-corrected chi connectivity index (χ4v) is 7.46. The van der Waals surface area contributed by atoms with Gasteiger partial charge >= 0.3 is 0 Å². The molecule has 0 nitrogen and oxygen atoms in total. The first kappa shape index (κ1) is 17.9. The highest BCUT2D eigenvalue weighted by Crippen LogP contribution is 2.51. The zero-order valence-corrected chi connectivity index (χ0v) is 18.9. The highest BCUT2D eigenvalue weighted by atomic mass is 32.2. The topological polar surface area (TPSA) is 0 Å². The van der Waals surface area contributed by atoms with Gasteiger partial charge in [0.05, 0.1) is 10.5 Å². The van der Waals surface area contributed by atoms with Crippen molar-refractivity contribution in [2.45, 2.75) is 44.6 Å².